The first kappa shape index (κ1) is 15.5. The molecule has 4 nitrogen and oxygen atoms in total. The lowest BCUT2D eigenvalue weighted by atomic mass is 10.2. The zero-order chi connectivity index (χ0) is 14.4. The van der Waals surface area contributed by atoms with E-state index in [1.165, 1.54) is 5.69 Å². The molecule has 0 aliphatic carbocycles. The summed E-state index contributed by atoms with van der Waals surface area (Å²) < 4.78 is 18.1. The fraction of sp³-hybridized carbons (Fsp3) is 0.600. The lowest BCUT2D eigenvalue weighted by molar-refractivity contribution is 0.0551. The van der Waals surface area contributed by atoms with Gasteiger partial charge in [0.25, 0.3) is 0 Å². The van der Waals surface area contributed by atoms with Gasteiger partial charge in [0.05, 0.1) is 0 Å². The molecule has 0 N–H and O–H groups in total. The molecule has 1 aromatic carbocycles. The largest absolute Gasteiger partial charge is 0.524 e. The molecule has 1 heterocycles. The van der Waals surface area contributed by atoms with Crippen LogP contribution in [0.3, 0.4) is 0 Å². The van der Waals surface area contributed by atoms with Gasteiger partial charge in [-0.05, 0) is 39.3 Å². The van der Waals surface area contributed by atoms with Crippen molar-refractivity contribution in [3.05, 3.63) is 30.3 Å². The van der Waals surface area contributed by atoms with Crippen LogP contribution in [0.1, 0.15) is 27.2 Å². The molecule has 0 radical (unpaired) electrons. The quantitative estimate of drug-likeness (QED) is 0.690. The van der Waals surface area contributed by atoms with Gasteiger partial charge in [-0.3, -0.25) is 0 Å². The first-order valence-electron chi connectivity index (χ1n) is 7.51. The molecule has 1 fully saturated rings. The molecule has 1 aliphatic heterocycles. The Bertz CT molecular complexity index is 384. The van der Waals surface area contributed by atoms with Gasteiger partial charge >= 0.3 is 8.80 Å². The van der Waals surface area contributed by atoms with E-state index >= 15 is 0 Å². The van der Waals surface area contributed by atoms with E-state index in [0.29, 0.717) is 19.8 Å². The maximum atomic E-state index is 6.02. The van der Waals surface area contributed by atoms with Gasteiger partial charge in [0.2, 0.25) is 0 Å². The number of hydrogen-bond donors (Lipinski definition) is 0. The van der Waals surface area contributed by atoms with Gasteiger partial charge in [0.15, 0.2) is 0 Å². The van der Waals surface area contributed by atoms with Crippen LogP contribution in [0.4, 0.5) is 5.69 Å². The van der Waals surface area contributed by atoms with Crippen LogP contribution in [0.2, 0.25) is 0 Å². The molecule has 0 bridgehead atoms. The molecular weight excluding hydrogens is 270 g/mol. The van der Waals surface area contributed by atoms with E-state index in [1.807, 2.05) is 26.8 Å². The van der Waals surface area contributed by atoms with Crippen LogP contribution < -0.4 is 4.90 Å². The number of nitrogens with zero attached hydrogens (tertiary/aromatic N) is 1. The van der Waals surface area contributed by atoms with Crippen molar-refractivity contribution in [1.29, 1.82) is 0 Å². The summed E-state index contributed by atoms with van der Waals surface area (Å²) in [5.41, 5.74) is 1.46. The minimum atomic E-state index is -2.63. The zero-order valence-electron chi connectivity index (χ0n) is 12.7. The number of para-hydroxylation sites is 1. The van der Waals surface area contributed by atoms with Gasteiger partial charge < -0.3 is 18.2 Å². The summed E-state index contributed by atoms with van der Waals surface area (Å²) in [4.78, 5) is 2.35. The van der Waals surface area contributed by atoms with Crippen molar-refractivity contribution in [2.75, 3.05) is 31.3 Å². The van der Waals surface area contributed by atoms with E-state index in [0.717, 1.165) is 13.0 Å². The van der Waals surface area contributed by atoms with E-state index in [4.69, 9.17) is 13.3 Å². The van der Waals surface area contributed by atoms with Gasteiger partial charge in [-0.15, -0.1) is 0 Å². The van der Waals surface area contributed by atoms with Gasteiger partial charge in [-0.2, -0.15) is 0 Å². The third-order valence-corrected chi connectivity index (χ3v) is 7.04. The Labute approximate surface area is 123 Å². The number of anilines is 1. The van der Waals surface area contributed by atoms with Crippen LogP contribution >= 0.6 is 0 Å². The zero-order valence-corrected chi connectivity index (χ0v) is 13.7. The van der Waals surface area contributed by atoms with Gasteiger partial charge in [0.1, 0.15) is 5.67 Å². The smallest absolute Gasteiger partial charge is 0.373 e. The topological polar surface area (TPSA) is 30.9 Å². The third-order valence-electron chi connectivity index (χ3n) is 3.55. The molecule has 1 atom stereocenters. The van der Waals surface area contributed by atoms with E-state index < -0.39 is 8.80 Å². The SMILES string of the molecule is CCO[Si](OCC)(OCC)C1CCN1c1ccccc1. The second-order valence-corrected chi connectivity index (χ2v) is 7.48. The van der Waals surface area contributed by atoms with E-state index in [2.05, 4.69) is 29.2 Å². The fourth-order valence-electron chi connectivity index (χ4n) is 2.70. The Balaban J connectivity index is 2.20. The summed E-state index contributed by atoms with van der Waals surface area (Å²) in [6.45, 7) is 8.95. The van der Waals surface area contributed by atoms with Gasteiger partial charge in [-0.25, -0.2) is 0 Å². The van der Waals surface area contributed by atoms with E-state index in [1.54, 1.807) is 0 Å². The highest BCUT2D eigenvalue weighted by molar-refractivity contribution is 6.63. The summed E-state index contributed by atoms with van der Waals surface area (Å²) >= 11 is 0. The van der Waals surface area contributed by atoms with Crippen LogP contribution in [0.25, 0.3) is 0 Å². The Hall–Kier alpha value is -0.883. The first-order chi connectivity index (χ1) is 9.77. The molecule has 0 saturated carbocycles. The maximum Gasteiger partial charge on any atom is 0.524 e. The average molecular weight is 295 g/mol. The van der Waals surface area contributed by atoms with Crippen molar-refractivity contribution < 1.29 is 13.3 Å². The number of rotatable bonds is 8. The Morgan fingerprint density at radius 2 is 1.55 bits per heavy atom. The van der Waals surface area contributed by atoms with Crippen molar-refractivity contribution >= 4 is 14.5 Å². The predicted octanol–water partition coefficient (Wildman–Crippen LogP) is 2.85. The fourth-order valence-corrected chi connectivity index (χ4v) is 5.88. The molecule has 5 heteroatoms. The third kappa shape index (κ3) is 3.06. The molecule has 0 aromatic heterocycles. The van der Waals surface area contributed by atoms with Crippen molar-refractivity contribution in [3.8, 4) is 0 Å². The van der Waals surface area contributed by atoms with E-state index in [-0.39, 0.29) is 5.67 Å². The minimum Gasteiger partial charge on any atom is -0.373 e. The lowest BCUT2D eigenvalue weighted by Gasteiger charge is -2.49. The van der Waals surface area contributed by atoms with Crippen LogP contribution in [0, 0.1) is 0 Å². The summed E-state index contributed by atoms with van der Waals surface area (Å²) in [5, 5.41) is 0. The Morgan fingerprint density at radius 3 is 1.95 bits per heavy atom. The Morgan fingerprint density at radius 1 is 1.00 bits per heavy atom. The molecule has 20 heavy (non-hydrogen) atoms. The van der Waals surface area contributed by atoms with Crippen molar-refractivity contribution in [2.24, 2.45) is 0 Å². The lowest BCUT2D eigenvalue weighted by Crippen LogP contribution is -2.69. The van der Waals surface area contributed by atoms with Crippen LogP contribution in [-0.4, -0.2) is 40.8 Å². The highest BCUT2D eigenvalue weighted by Crippen LogP contribution is 2.33. The second-order valence-electron chi connectivity index (χ2n) is 4.74. The van der Waals surface area contributed by atoms with Crippen molar-refractivity contribution in [2.45, 2.75) is 32.9 Å². The predicted molar refractivity (Wildman–Crippen MR) is 82.8 cm³/mol. The van der Waals surface area contributed by atoms with Crippen LogP contribution in [0.5, 0.6) is 0 Å². The van der Waals surface area contributed by atoms with Crippen LogP contribution in [0.15, 0.2) is 30.3 Å². The van der Waals surface area contributed by atoms with Gasteiger partial charge in [0, 0.05) is 32.1 Å². The molecule has 1 aliphatic rings. The summed E-state index contributed by atoms with van der Waals surface area (Å²) in [5.74, 6) is 0. The monoisotopic (exact) mass is 295 g/mol. The van der Waals surface area contributed by atoms with E-state index in [9.17, 15) is 0 Å². The molecule has 1 unspecified atom stereocenters. The first-order valence-corrected chi connectivity index (χ1v) is 9.31. The summed E-state index contributed by atoms with van der Waals surface area (Å²) in [6.07, 6.45) is 1.07. The normalized spacial score (nSPS) is 18.9. The van der Waals surface area contributed by atoms with Crippen molar-refractivity contribution in [3.63, 3.8) is 0 Å². The van der Waals surface area contributed by atoms with Crippen molar-refractivity contribution in [1.82, 2.24) is 0 Å². The second kappa shape index (κ2) is 7.22. The standard InChI is InChI=1S/C15H25NO3Si/c1-4-17-20(18-5-2,19-6-3)15-12-13-16(15)14-10-8-7-9-11-14/h7-11,15H,4-6,12-13H2,1-3H3. The molecular formula is C15H25NO3Si. The van der Waals surface area contributed by atoms with Crippen LogP contribution in [-0.2, 0) is 13.3 Å². The Kier molecular flexibility index (Phi) is 5.60. The highest BCUT2D eigenvalue weighted by Gasteiger charge is 2.55. The highest BCUT2D eigenvalue weighted by atomic mass is 28.4. The number of benzene rings is 1. The maximum absolute atomic E-state index is 6.02. The molecule has 112 valence electrons. The minimum absolute atomic E-state index is 0.241. The molecule has 2 rings (SSSR count). The summed E-state index contributed by atoms with van der Waals surface area (Å²) in [7, 11) is -2.63. The molecule has 1 saturated heterocycles. The molecule has 0 amide bonds. The average Bonchev–Trinajstić information content (AvgIpc) is 2.39. The summed E-state index contributed by atoms with van der Waals surface area (Å²) in [6, 6.07) is 10.4. The number of hydrogen-bond acceptors (Lipinski definition) is 4. The molecule has 0 spiro atoms. The molecule has 1 aromatic rings. The van der Waals surface area contributed by atoms with Gasteiger partial charge in [-0.1, -0.05) is 18.2 Å².